The van der Waals surface area contributed by atoms with E-state index in [-0.39, 0.29) is 6.61 Å². The molecule has 0 fully saturated rings. The summed E-state index contributed by atoms with van der Waals surface area (Å²) in [5, 5.41) is 9.15. The third-order valence-corrected chi connectivity index (χ3v) is 4.54. The third kappa shape index (κ3) is 5.24. The van der Waals surface area contributed by atoms with E-state index in [4.69, 9.17) is 10.00 Å². The first-order valence-electron chi connectivity index (χ1n) is 9.51. The molecule has 3 aromatic carbocycles. The molecule has 0 saturated heterocycles. The van der Waals surface area contributed by atoms with Crippen LogP contribution in [-0.2, 0) is 13.0 Å². The molecule has 0 aromatic heterocycles. The molecule has 0 radical (unpaired) electrons. The van der Waals surface area contributed by atoms with Crippen molar-refractivity contribution in [3.05, 3.63) is 101 Å². The van der Waals surface area contributed by atoms with E-state index in [1.165, 1.54) is 0 Å². The van der Waals surface area contributed by atoms with E-state index in [0.29, 0.717) is 22.4 Å². The Balaban J connectivity index is 1.58. The number of hydrazine groups is 1. The van der Waals surface area contributed by atoms with Crippen LogP contribution in [0.3, 0.4) is 0 Å². The zero-order valence-corrected chi connectivity index (χ0v) is 16.5. The molecule has 0 aliphatic carbocycles. The Morgan fingerprint density at radius 3 is 2.30 bits per heavy atom. The van der Waals surface area contributed by atoms with Gasteiger partial charge in [0.25, 0.3) is 11.8 Å². The highest BCUT2D eigenvalue weighted by molar-refractivity contribution is 5.99. The van der Waals surface area contributed by atoms with Gasteiger partial charge in [-0.25, -0.2) is 0 Å². The first kappa shape index (κ1) is 20.6. The van der Waals surface area contributed by atoms with Crippen molar-refractivity contribution in [2.45, 2.75) is 20.0 Å². The van der Waals surface area contributed by atoms with Crippen LogP contribution in [0.1, 0.15) is 44.3 Å². The van der Waals surface area contributed by atoms with E-state index >= 15 is 0 Å². The van der Waals surface area contributed by atoms with Gasteiger partial charge in [-0.15, -0.1) is 0 Å². The fourth-order valence-corrected chi connectivity index (χ4v) is 2.79. The molecule has 3 rings (SSSR count). The van der Waals surface area contributed by atoms with E-state index in [1.807, 2.05) is 31.2 Å². The molecular formula is C24H21N3O3. The molecule has 0 atom stereocenters. The number of nitrogens with zero attached hydrogens (tertiary/aromatic N) is 1. The lowest BCUT2D eigenvalue weighted by molar-refractivity contribution is 0.0846. The number of hydrogen-bond donors (Lipinski definition) is 2. The fraction of sp³-hybridized carbons (Fsp3) is 0.125. The molecule has 0 unspecified atom stereocenters. The molecule has 30 heavy (non-hydrogen) atoms. The quantitative estimate of drug-likeness (QED) is 0.617. The van der Waals surface area contributed by atoms with Crippen molar-refractivity contribution >= 4 is 11.8 Å². The van der Waals surface area contributed by atoms with Gasteiger partial charge in [0.1, 0.15) is 12.4 Å². The van der Waals surface area contributed by atoms with Crippen molar-refractivity contribution in [1.82, 2.24) is 10.9 Å². The molecule has 0 aliphatic rings. The Hall–Kier alpha value is -4.11. The number of hydrogen-bond acceptors (Lipinski definition) is 4. The number of amides is 2. The van der Waals surface area contributed by atoms with Gasteiger partial charge >= 0.3 is 0 Å². The number of carbonyl (C=O) groups is 2. The van der Waals surface area contributed by atoms with Gasteiger partial charge in [0.2, 0.25) is 0 Å². The summed E-state index contributed by atoms with van der Waals surface area (Å²) in [6, 6.07) is 23.1. The molecule has 3 aromatic rings. The molecule has 6 heteroatoms. The van der Waals surface area contributed by atoms with E-state index in [9.17, 15) is 9.59 Å². The second-order valence-corrected chi connectivity index (χ2v) is 6.54. The summed E-state index contributed by atoms with van der Waals surface area (Å²) in [6.07, 6.45) is 0.888. The molecule has 0 bridgehead atoms. The number of nitriles is 1. The molecule has 0 aliphatic heterocycles. The Morgan fingerprint density at radius 1 is 0.900 bits per heavy atom. The predicted octanol–water partition coefficient (Wildman–Crippen LogP) is 3.77. The minimum atomic E-state index is -0.462. The number of carbonyl (C=O) groups excluding carboxylic acids is 2. The van der Waals surface area contributed by atoms with Crippen LogP contribution in [0.25, 0.3) is 0 Å². The number of ether oxygens (including phenoxy) is 1. The zero-order chi connectivity index (χ0) is 21.3. The minimum Gasteiger partial charge on any atom is -0.489 e. The average Bonchev–Trinajstić information content (AvgIpc) is 2.81. The highest BCUT2D eigenvalue weighted by Gasteiger charge is 2.10. The topological polar surface area (TPSA) is 91.2 Å². The van der Waals surface area contributed by atoms with Crippen LogP contribution in [0.4, 0.5) is 0 Å². The Morgan fingerprint density at radius 2 is 1.60 bits per heavy atom. The molecular weight excluding hydrogens is 378 g/mol. The summed E-state index contributed by atoms with van der Waals surface area (Å²) in [5.74, 6) is -0.375. The number of aryl methyl sites for hydroxylation is 1. The average molecular weight is 399 g/mol. The van der Waals surface area contributed by atoms with E-state index < -0.39 is 11.8 Å². The van der Waals surface area contributed by atoms with Gasteiger partial charge in [-0.05, 0) is 48.4 Å². The highest BCUT2D eigenvalue weighted by Crippen LogP contribution is 2.16. The molecule has 0 spiro atoms. The lowest BCUT2D eigenvalue weighted by atomic mass is 10.1. The maximum Gasteiger partial charge on any atom is 0.269 e. The maximum atomic E-state index is 12.4. The van der Waals surface area contributed by atoms with E-state index in [2.05, 4.69) is 16.9 Å². The second-order valence-electron chi connectivity index (χ2n) is 6.54. The lowest BCUT2D eigenvalue weighted by Gasteiger charge is -2.10. The molecule has 150 valence electrons. The Bertz CT molecular complexity index is 1090. The van der Waals surface area contributed by atoms with Crippen LogP contribution in [0.15, 0.2) is 72.8 Å². The van der Waals surface area contributed by atoms with Gasteiger partial charge in [0.15, 0.2) is 0 Å². The van der Waals surface area contributed by atoms with Crippen LogP contribution in [-0.4, -0.2) is 11.8 Å². The molecule has 0 heterocycles. The summed E-state index contributed by atoms with van der Waals surface area (Å²) in [6.45, 7) is 2.24. The van der Waals surface area contributed by atoms with Crippen molar-refractivity contribution in [2.24, 2.45) is 0 Å². The minimum absolute atomic E-state index is 0.208. The van der Waals surface area contributed by atoms with Crippen molar-refractivity contribution < 1.29 is 14.3 Å². The van der Waals surface area contributed by atoms with Gasteiger partial charge in [-0.2, -0.15) is 5.26 Å². The van der Waals surface area contributed by atoms with E-state index in [1.54, 1.807) is 48.5 Å². The number of nitrogens with one attached hydrogen (secondary N) is 2. The first-order chi connectivity index (χ1) is 14.6. The van der Waals surface area contributed by atoms with Crippen molar-refractivity contribution in [3.8, 4) is 11.8 Å². The smallest absolute Gasteiger partial charge is 0.269 e. The normalized spacial score (nSPS) is 10.0. The van der Waals surface area contributed by atoms with Gasteiger partial charge in [0.05, 0.1) is 11.6 Å². The molecule has 6 nitrogen and oxygen atoms in total. The monoisotopic (exact) mass is 399 g/mol. The van der Waals surface area contributed by atoms with Crippen LogP contribution >= 0.6 is 0 Å². The Labute approximate surface area is 175 Å². The van der Waals surface area contributed by atoms with E-state index in [0.717, 1.165) is 17.5 Å². The highest BCUT2D eigenvalue weighted by atomic mass is 16.5. The first-order valence-corrected chi connectivity index (χ1v) is 9.51. The molecule has 2 N–H and O–H groups in total. The third-order valence-electron chi connectivity index (χ3n) is 4.54. The van der Waals surface area contributed by atoms with Crippen LogP contribution in [0, 0.1) is 11.3 Å². The van der Waals surface area contributed by atoms with Crippen LogP contribution in [0.2, 0.25) is 0 Å². The van der Waals surface area contributed by atoms with Gasteiger partial charge < -0.3 is 4.74 Å². The van der Waals surface area contributed by atoms with Crippen molar-refractivity contribution in [1.29, 1.82) is 5.26 Å². The SMILES string of the molecule is CCc1ccc(C(=O)NNC(=O)c2cccc(OCc3ccccc3C#N)c2)cc1. The van der Waals surface area contributed by atoms with Gasteiger partial charge in [-0.1, -0.05) is 43.3 Å². The van der Waals surface area contributed by atoms with Crippen LogP contribution < -0.4 is 15.6 Å². The molecule has 0 saturated carbocycles. The van der Waals surface area contributed by atoms with Crippen LogP contribution in [0.5, 0.6) is 5.75 Å². The summed E-state index contributed by atoms with van der Waals surface area (Å²) < 4.78 is 5.72. The van der Waals surface area contributed by atoms with Gasteiger partial charge in [0, 0.05) is 16.7 Å². The maximum absolute atomic E-state index is 12.4. The summed E-state index contributed by atoms with van der Waals surface area (Å²) in [5.41, 5.74) is 8.05. The van der Waals surface area contributed by atoms with Crippen molar-refractivity contribution in [3.63, 3.8) is 0 Å². The second kappa shape index (κ2) is 9.89. The number of benzene rings is 3. The largest absolute Gasteiger partial charge is 0.489 e. The molecule has 2 amide bonds. The lowest BCUT2D eigenvalue weighted by Crippen LogP contribution is -2.41. The predicted molar refractivity (Wildman–Crippen MR) is 113 cm³/mol. The summed E-state index contributed by atoms with van der Waals surface area (Å²) >= 11 is 0. The Kier molecular flexibility index (Phi) is 6.80. The van der Waals surface area contributed by atoms with Crippen molar-refractivity contribution in [2.75, 3.05) is 0 Å². The van der Waals surface area contributed by atoms with Gasteiger partial charge in [-0.3, -0.25) is 20.4 Å². The fourth-order valence-electron chi connectivity index (χ4n) is 2.79. The summed E-state index contributed by atoms with van der Waals surface area (Å²) in [4.78, 5) is 24.6. The zero-order valence-electron chi connectivity index (χ0n) is 16.5. The summed E-state index contributed by atoms with van der Waals surface area (Å²) in [7, 11) is 0. The number of rotatable bonds is 6. The standard InChI is InChI=1S/C24H21N3O3/c1-2-17-10-12-18(13-11-17)23(28)26-27-24(29)19-8-5-9-22(14-19)30-16-21-7-4-3-6-20(21)15-25/h3-14H,2,16H2,1H3,(H,26,28)(H,27,29).